The SMILES string of the molecule is C/C(=C\c1nc(C)c(C)n1C)c1ccc(O)c(O)c1. The Labute approximate surface area is 112 Å². The number of nitrogens with zero attached hydrogens (tertiary/aromatic N) is 2. The molecule has 1 aromatic heterocycles. The van der Waals surface area contributed by atoms with Gasteiger partial charge in [0.25, 0.3) is 0 Å². The molecule has 2 rings (SSSR count). The standard InChI is InChI=1S/C15H18N2O2/c1-9(12-5-6-13(18)14(19)8-12)7-15-16-10(2)11(3)17(15)4/h5-8,18-19H,1-4H3/b9-7+. The van der Waals surface area contributed by atoms with Crippen molar-refractivity contribution in [2.24, 2.45) is 7.05 Å². The number of aryl methyl sites for hydroxylation is 1. The molecule has 0 amide bonds. The summed E-state index contributed by atoms with van der Waals surface area (Å²) in [7, 11) is 1.97. The molecule has 2 N–H and O–H groups in total. The number of hydrogen-bond donors (Lipinski definition) is 2. The molecule has 1 aromatic carbocycles. The Morgan fingerprint density at radius 2 is 1.89 bits per heavy atom. The van der Waals surface area contributed by atoms with Crippen LogP contribution in [0, 0.1) is 13.8 Å². The summed E-state index contributed by atoms with van der Waals surface area (Å²) in [5.41, 5.74) is 3.97. The normalized spacial score (nSPS) is 11.9. The fraction of sp³-hybridized carbons (Fsp3) is 0.267. The molecule has 0 unspecified atom stereocenters. The van der Waals surface area contributed by atoms with Crippen molar-refractivity contribution in [3.05, 3.63) is 41.0 Å². The number of aromatic nitrogens is 2. The summed E-state index contributed by atoms with van der Waals surface area (Å²) in [6.45, 7) is 5.96. The number of phenolic OH excluding ortho intramolecular Hbond substituents is 2. The minimum Gasteiger partial charge on any atom is -0.504 e. The Morgan fingerprint density at radius 1 is 1.21 bits per heavy atom. The Morgan fingerprint density at radius 3 is 2.42 bits per heavy atom. The molecule has 4 heteroatoms. The summed E-state index contributed by atoms with van der Waals surface area (Å²) in [5, 5.41) is 18.8. The quantitative estimate of drug-likeness (QED) is 0.814. The van der Waals surface area contributed by atoms with Gasteiger partial charge < -0.3 is 14.8 Å². The molecule has 0 fully saturated rings. The lowest BCUT2D eigenvalue weighted by atomic mass is 10.1. The third kappa shape index (κ3) is 2.47. The highest BCUT2D eigenvalue weighted by molar-refractivity contribution is 5.79. The molecule has 0 aliphatic carbocycles. The maximum Gasteiger partial charge on any atom is 0.157 e. The first-order chi connectivity index (χ1) is 8.90. The number of rotatable bonds is 2. The van der Waals surface area contributed by atoms with Gasteiger partial charge in [-0.25, -0.2) is 4.98 Å². The van der Waals surface area contributed by atoms with Crippen LogP contribution in [0.5, 0.6) is 11.5 Å². The molecule has 19 heavy (non-hydrogen) atoms. The molecule has 0 aliphatic heterocycles. The van der Waals surface area contributed by atoms with Gasteiger partial charge in [0.05, 0.1) is 5.69 Å². The highest BCUT2D eigenvalue weighted by Gasteiger charge is 2.07. The van der Waals surface area contributed by atoms with Crippen molar-refractivity contribution < 1.29 is 10.2 Å². The number of allylic oxidation sites excluding steroid dienone is 1. The molecule has 0 bridgehead atoms. The van der Waals surface area contributed by atoms with Gasteiger partial charge in [-0.15, -0.1) is 0 Å². The van der Waals surface area contributed by atoms with Crippen LogP contribution < -0.4 is 0 Å². The van der Waals surface area contributed by atoms with E-state index in [-0.39, 0.29) is 11.5 Å². The topological polar surface area (TPSA) is 58.3 Å². The Balaban J connectivity index is 2.42. The maximum absolute atomic E-state index is 9.52. The largest absolute Gasteiger partial charge is 0.504 e. The van der Waals surface area contributed by atoms with Gasteiger partial charge in [-0.05, 0) is 50.1 Å². The molecule has 0 aliphatic rings. The van der Waals surface area contributed by atoms with Crippen LogP contribution in [0.2, 0.25) is 0 Å². The van der Waals surface area contributed by atoms with Crippen LogP contribution in [0.4, 0.5) is 0 Å². The van der Waals surface area contributed by atoms with Gasteiger partial charge in [0, 0.05) is 12.7 Å². The second-order valence-corrected chi connectivity index (χ2v) is 4.73. The van der Waals surface area contributed by atoms with Gasteiger partial charge >= 0.3 is 0 Å². The Kier molecular flexibility index (Phi) is 3.34. The predicted molar refractivity (Wildman–Crippen MR) is 76.0 cm³/mol. The van der Waals surface area contributed by atoms with E-state index >= 15 is 0 Å². The molecule has 0 spiro atoms. The summed E-state index contributed by atoms with van der Waals surface area (Å²) in [4.78, 5) is 4.49. The molecule has 0 atom stereocenters. The molecule has 1 heterocycles. The second-order valence-electron chi connectivity index (χ2n) is 4.73. The van der Waals surface area contributed by atoms with Crippen LogP contribution in [-0.2, 0) is 7.05 Å². The van der Waals surface area contributed by atoms with Crippen LogP contribution in [0.1, 0.15) is 29.7 Å². The lowest BCUT2D eigenvalue weighted by molar-refractivity contribution is 0.403. The summed E-state index contributed by atoms with van der Waals surface area (Å²) < 4.78 is 2.03. The van der Waals surface area contributed by atoms with E-state index in [1.54, 1.807) is 12.1 Å². The zero-order valence-electron chi connectivity index (χ0n) is 11.6. The molecule has 0 radical (unpaired) electrons. The molecule has 4 nitrogen and oxygen atoms in total. The molecular weight excluding hydrogens is 240 g/mol. The number of hydrogen-bond acceptors (Lipinski definition) is 3. The average molecular weight is 258 g/mol. The van der Waals surface area contributed by atoms with Crippen LogP contribution in [-0.4, -0.2) is 19.8 Å². The van der Waals surface area contributed by atoms with E-state index in [9.17, 15) is 10.2 Å². The van der Waals surface area contributed by atoms with Crippen LogP contribution >= 0.6 is 0 Å². The minimum atomic E-state index is -0.113. The molecule has 2 aromatic rings. The lowest BCUT2D eigenvalue weighted by Crippen LogP contribution is -1.94. The first-order valence-electron chi connectivity index (χ1n) is 6.10. The van der Waals surface area contributed by atoms with E-state index in [1.807, 2.05) is 38.5 Å². The van der Waals surface area contributed by atoms with Crippen molar-refractivity contribution in [1.29, 1.82) is 0 Å². The highest BCUT2D eigenvalue weighted by atomic mass is 16.3. The van der Waals surface area contributed by atoms with Gasteiger partial charge in [0.2, 0.25) is 0 Å². The third-order valence-electron chi connectivity index (χ3n) is 3.43. The fourth-order valence-electron chi connectivity index (χ4n) is 1.92. The van der Waals surface area contributed by atoms with Crippen molar-refractivity contribution in [1.82, 2.24) is 9.55 Å². The van der Waals surface area contributed by atoms with E-state index in [4.69, 9.17) is 0 Å². The summed E-state index contributed by atoms with van der Waals surface area (Å²) in [6, 6.07) is 4.80. The number of benzene rings is 1. The van der Waals surface area contributed by atoms with Crippen molar-refractivity contribution in [2.45, 2.75) is 20.8 Å². The molecular formula is C15H18N2O2. The number of imidazole rings is 1. The average Bonchev–Trinajstić information content (AvgIpc) is 2.60. The van der Waals surface area contributed by atoms with E-state index in [2.05, 4.69) is 4.98 Å². The van der Waals surface area contributed by atoms with E-state index in [1.165, 1.54) is 6.07 Å². The van der Waals surface area contributed by atoms with E-state index in [0.717, 1.165) is 28.3 Å². The van der Waals surface area contributed by atoms with Crippen molar-refractivity contribution in [3.63, 3.8) is 0 Å². The van der Waals surface area contributed by atoms with Crippen LogP contribution in [0.3, 0.4) is 0 Å². The third-order valence-corrected chi connectivity index (χ3v) is 3.43. The van der Waals surface area contributed by atoms with Crippen LogP contribution in [0.25, 0.3) is 11.6 Å². The predicted octanol–water partition coefficient (Wildman–Crippen LogP) is 3.01. The molecule has 100 valence electrons. The molecule has 0 saturated heterocycles. The zero-order valence-corrected chi connectivity index (χ0v) is 11.6. The maximum atomic E-state index is 9.52. The van der Waals surface area contributed by atoms with Crippen molar-refractivity contribution in [2.75, 3.05) is 0 Å². The van der Waals surface area contributed by atoms with Gasteiger partial charge in [-0.3, -0.25) is 0 Å². The second kappa shape index (κ2) is 4.80. The lowest BCUT2D eigenvalue weighted by Gasteiger charge is -2.05. The Bertz CT molecular complexity index is 654. The monoisotopic (exact) mass is 258 g/mol. The van der Waals surface area contributed by atoms with Gasteiger partial charge in [-0.2, -0.15) is 0 Å². The highest BCUT2D eigenvalue weighted by Crippen LogP contribution is 2.28. The minimum absolute atomic E-state index is 0.111. The van der Waals surface area contributed by atoms with Gasteiger partial charge in [0.15, 0.2) is 11.5 Å². The van der Waals surface area contributed by atoms with E-state index in [0.29, 0.717) is 0 Å². The van der Waals surface area contributed by atoms with Crippen LogP contribution in [0.15, 0.2) is 18.2 Å². The zero-order chi connectivity index (χ0) is 14.2. The molecule has 0 saturated carbocycles. The first-order valence-corrected chi connectivity index (χ1v) is 6.10. The van der Waals surface area contributed by atoms with Gasteiger partial charge in [0.1, 0.15) is 5.82 Å². The Hall–Kier alpha value is -2.23. The summed E-state index contributed by atoms with van der Waals surface area (Å²) in [6.07, 6.45) is 1.96. The fourth-order valence-corrected chi connectivity index (χ4v) is 1.92. The van der Waals surface area contributed by atoms with Crippen molar-refractivity contribution >= 4 is 11.6 Å². The summed E-state index contributed by atoms with van der Waals surface area (Å²) in [5.74, 6) is 0.651. The smallest absolute Gasteiger partial charge is 0.157 e. The first kappa shape index (κ1) is 13.2. The van der Waals surface area contributed by atoms with Gasteiger partial charge in [-0.1, -0.05) is 6.07 Å². The number of phenols is 2. The van der Waals surface area contributed by atoms with Crippen molar-refractivity contribution in [3.8, 4) is 11.5 Å². The summed E-state index contributed by atoms with van der Waals surface area (Å²) >= 11 is 0. The van der Waals surface area contributed by atoms with E-state index < -0.39 is 0 Å². The number of aromatic hydroxyl groups is 2.